The van der Waals surface area contributed by atoms with Crippen LogP contribution in [0.4, 0.5) is 0 Å². The number of aliphatic imine (C=N–C) groups is 1. The number of ether oxygens (including phenoxy) is 2. The molecule has 5 nitrogen and oxygen atoms in total. The summed E-state index contributed by atoms with van der Waals surface area (Å²) in [5, 5.41) is 3.43. The van der Waals surface area contributed by atoms with Crippen molar-refractivity contribution in [2.24, 2.45) is 10.9 Å². The molecule has 0 radical (unpaired) electrons. The lowest BCUT2D eigenvalue weighted by Crippen LogP contribution is -2.41. The lowest BCUT2D eigenvalue weighted by molar-refractivity contribution is 0.181. The van der Waals surface area contributed by atoms with Gasteiger partial charge in [0.25, 0.3) is 0 Å². The summed E-state index contributed by atoms with van der Waals surface area (Å²) in [5.41, 5.74) is 2.39. The van der Waals surface area contributed by atoms with E-state index in [1.807, 2.05) is 20.0 Å². The number of aryl methyl sites for hydroxylation is 1. The maximum Gasteiger partial charge on any atom is 0.193 e. The molecule has 0 spiro atoms. The van der Waals surface area contributed by atoms with Gasteiger partial charge in [-0.05, 0) is 37.5 Å². The zero-order valence-corrected chi connectivity index (χ0v) is 14.8. The zero-order valence-electron chi connectivity index (χ0n) is 14.8. The third-order valence-electron chi connectivity index (χ3n) is 4.12. The quantitative estimate of drug-likeness (QED) is 0.646. The van der Waals surface area contributed by atoms with Gasteiger partial charge in [-0.1, -0.05) is 12.1 Å². The highest BCUT2D eigenvalue weighted by Crippen LogP contribution is 2.19. The SMILES string of the molecule is CCOc1ccc(CNC(=NC)N(C)CC2CCOC2)cc1C. The summed E-state index contributed by atoms with van der Waals surface area (Å²) in [6, 6.07) is 6.30. The molecule has 0 bridgehead atoms. The molecule has 128 valence electrons. The molecule has 1 aromatic carbocycles. The van der Waals surface area contributed by atoms with Crippen molar-refractivity contribution >= 4 is 5.96 Å². The fourth-order valence-electron chi connectivity index (χ4n) is 2.91. The Hall–Kier alpha value is -1.75. The predicted octanol–water partition coefficient (Wildman–Crippen LogP) is 2.44. The molecule has 1 N–H and O–H groups in total. The van der Waals surface area contributed by atoms with Crippen LogP contribution in [0, 0.1) is 12.8 Å². The Morgan fingerprint density at radius 2 is 2.30 bits per heavy atom. The molecule has 0 saturated carbocycles. The molecule has 0 aromatic heterocycles. The molecule has 1 heterocycles. The highest BCUT2D eigenvalue weighted by molar-refractivity contribution is 5.79. The van der Waals surface area contributed by atoms with Gasteiger partial charge in [-0.25, -0.2) is 0 Å². The maximum absolute atomic E-state index is 5.59. The summed E-state index contributed by atoms with van der Waals surface area (Å²) in [6.07, 6.45) is 1.14. The van der Waals surface area contributed by atoms with Crippen molar-refractivity contribution in [2.45, 2.75) is 26.8 Å². The lowest BCUT2D eigenvalue weighted by atomic mass is 10.1. The molecule has 1 unspecified atom stereocenters. The minimum atomic E-state index is 0.603. The van der Waals surface area contributed by atoms with Crippen LogP contribution in [0.15, 0.2) is 23.2 Å². The highest BCUT2D eigenvalue weighted by Gasteiger charge is 2.19. The third-order valence-corrected chi connectivity index (χ3v) is 4.12. The van der Waals surface area contributed by atoms with Crippen molar-refractivity contribution in [2.75, 3.05) is 40.5 Å². The number of nitrogens with zero attached hydrogens (tertiary/aromatic N) is 2. The van der Waals surface area contributed by atoms with Gasteiger partial charge in [0.05, 0.1) is 13.2 Å². The Morgan fingerprint density at radius 3 is 2.91 bits per heavy atom. The minimum Gasteiger partial charge on any atom is -0.494 e. The molecule has 0 amide bonds. The largest absolute Gasteiger partial charge is 0.494 e. The van der Waals surface area contributed by atoms with Crippen LogP contribution in [0.3, 0.4) is 0 Å². The number of nitrogens with one attached hydrogen (secondary N) is 1. The summed E-state index contributed by atoms with van der Waals surface area (Å²) >= 11 is 0. The van der Waals surface area contributed by atoms with E-state index in [1.54, 1.807) is 0 Å². The fraction of sp³-hybridized carbons (Fsp3) is 0.611. The molecule has 0 aliphatic carbocycles. The van der Waals surface area contributed by atoms with E-state index < -0.39 is 0 Å². The van der Waals surface area contributed by atoms with E-state index >= 15 is 0 Å². The molecule has 23 heavy (non-hydrogen) atoms. The average Bonchev–Trinajstić information content (AvgIpc) is 3.03. The van der Waals surface area contributed by atoms with Gasteiger partial charge in [0.1, 0.15) is 5.75 Å². The van der Waals surface area contributed by atoms with Gasteiger partial charge in [-0.2, -0.15) is 0 Å². The average molecular weight is 319 g/mol. The summed E-state index contributed by atoms with van der Waals surface area (Å²) in [6.45, 7) is 8.25. The molecule has 2 rings (SSSR count). The van der Waals surface area contributed by atoms with Crippen molar-refractivity contribution < 1.29 is 9.47 Å². The standard InChI is InChI=1S/C18H29N3O2/c1-5-23-17-7-6-15(10-14(17)2)11-20-18(19-3)21(4)12-16-8-9-22-13-16/h6-7,10,16H,5,8-9,11-13H2,1-4H3,(H,19,20). The first-order valence-electron chi connectivity index (χ1n) is 8.36. The smallest absolute Gasteiger partial charge is 0.193 e. The van der Waals surface area contributed by atoms with E-state index in [9.17, 15) is 0 Å². The fourth-order valence-corrected chi connectivity index (χ4v) is 2.91. The second kappa shape index (κ2) is 8.77. The molecule has 1 saturated heterocycles. The van der Waals surface area contributed by atoms with Crippen LogP contribution in [0.2, 0.25) is 0 Å². The van der Waals surface area contributed by atoms with E-state index in [1.165, 1.54) is 5.56 Å². The Morgan fingerprint density at radius 1 is 1.48 bits per heavy atom. The summed E-state index contributed by atoms with van der Waals surface area (Å²) < 4.78 is 11.0. The number of rotatable bonds is 6. The van der Waals surface area contributed by atoms with Crippen LogP contribution >= 0.6 is 0 Å². The number of benzene rings is 1. The van der Waals surface area contributed by atoms with Crippen molar-refractivity contribution in [3.63, 3.8) is 0 Å². The van der Waals surface area contributed by atoms with E-state index in [-0.39, 0.29) is 0 Å². The molecule has 1 aliphatic rings. The normalized spacial score (nSPS) is 18.1. The highest BCUT2D eigenvalue weighted by atomic mass is 16.5. The van der Waals surface area contributed by atoms with Gasteiger partial charge in [0.2, 0.25) is 0 Å². The molecular weight excluding hydrogens is 290 g/mol. The molecule has 1 aliphatic heterocycles. The monoisotopic (exact) mass is 319 g/mol. The topological polar surface area (TPSA) is 46.1 Å². The Labute approximate surface area is 139 Å². The molecule has 1 aromatic rings. The van der Waals surface area contributed by atoms with Crippen LogP contribution < -0.4 is 10.1 Å². The van der Waals surface area contributed by atoms with Gasteiger partial charge < -0.3 is 19.7 Å². The molecule has 1 fully saturated rings. The minimum absolute atomic E-state index is 0.603. The number of guanidine groups is 1. The second-order valence-electron chi connectivity index (χ2n) is 6.04. The Bertz CT molecular complexity index is 525. The van der Waals surface area contributed by atoms with Crippen molar-refractivity contribution in [1.29, 1.82) is 0 Å². The van der Waals surface area contributed by atoms with Crippen LogP contribution in [0.5, 0.6) is 5.75 Å². The van der Waals surface area contributed by atoms with Gasteiger partial charge in [0, 0.05) is 39.7 Å². The summed E-state index contributed by atoms with van der Waals surface area (Å²) in [7, 11) is 3.91. The van der Waals surface area contributed by atoms with Crippen LogP contribution in [-0.4, -0.2) is 51.3 Å². The second-order valence-corrected chi connectivity index (χ2v) is 6.04. The van der Waals surface area contributed by atoms with E-state index in [0.717, 1.165) is 50.0 Å². The first-order chi connectivity index (χ1) is 11.1. The number of hydrogen-bond donors (Lipinski definition) is 1. The summed E-state index contributed by atoms with van der Waals surface area (Å²) in [4.78, 5) is 6.56. The van der Waals surface area contributed by atoms with Gasteiger partial charge in [-0.15, -0.1) is 0 Å². The molecular formula is C18H29N3O2. The van der Waals surface area contributed by atoms with Gasteiger partial charge in [0.15, 0.2) is 5.96 Å². The number of hydrogen-bond acceptors (Lipinski definition) is 3. The maximum atomic E-state index is 5.59. The van der Waals surface area contributed by atoms with Crippen LogP contribution in [-0.2, 0) is 11.3 Å². The van der Waals surface area contributed by atoms with Crippen LogP contribution in [0.25, 0.3) is 0 Å². The van der Waals surface area contributed by atoms with Crippen LogP contribution in [0.1, 0.15) is 24.5 Å². The van der Waals surface area contributed by atoms with E-state index in [4.69, 9.17) is 9.47 Å². The lowest BCUT2D eigenvalue weighted by Gasteiger charge is -2.24. The zero-order chi connectivity index (χ0) is 16.7. The van der Waals surface area contributed by atoms with E-state index in [2.05, 4.69) is 41.3 Å². The van der Waals surface area contributed by atoms with Crippen molar-refractivity contribution in [3.8, 4) is 5.75 Å². The predicted molar refractivity (Wildman–Crippen MR) is 94.1 cm³/mol. The van der Waals surface area contributed by atoms with Gasteiger partial charge in [-0.3, -0.25) is 4.99 Å². The Balaban J connectivity index is 1.88. The van der Waals surface area contributed by atoms with E-state index in [0.29, 0.717) is 12.5 Å². The third kappa shape index (κ3) is 5.13. The van der Waals surface area contributed by atoms with Gasteiger partial charge >= 0.3 is 0 Å². The first kappa shape index (κ1) is 17.6. The Kier molecular flexibility index (Phi) is 6.71. The molecule has 5 heteroatoms. The van der Waals surface area contributed by atoms with Crippen molar-refractivity contribution in [1.82, 2.24) is 10.2 Å². The summed E-state index contributed by atoms with van der Waals surface area (Å²) in [5.74, 6) is 2.48. The van der Waals surface area contributed by atoms with Crippen molar-refractivity contribution in [3.05, 3.63) is 29.3 Å². The molecule has 1 atom stereocenters. The first-order valence-corrected chi connectivity index (χ1v) is 8.36.